The van der Waals surface area contributed by atoms with Crippen LogP contribution in [0.4, 0.5) is 0 Å². The Labute approximate surface area is 124 Å². The van der Waals surface area contributed by atoms with Gasteiger partial charge in [-0.2, -0.15) is 0 Å². The van der Waals surface area contributed by atoms with Crippen LogP contribution in [-0.4, -0.2) is 57.0 Å². The Morgan fingerprint density at radius 1 is 1.29 bits per heavy atom. The summed E-state index contributed by atoms with van der Waals surface area (Å²) in [7, 11) is -1.53. The maximum Gasteiger partial charge on any atom is 0.260 e. The number of likely N-dealkylation sites (tertiary alicyclic amines) is 1. The molecule has 6 nitrogen and oxygen atoms in total. The minimum Gasteiger partial charge on any atom is -0.493 e. The molecular formula is C14H19NO5S. The molecule has 21 heavy (non-hydrogen) atoms. The molecule has 7 heteroatoms. The first-order chi connectivity index (χ1) is 9.97. The van der Waals surface area contributed by atoms with Crippen LogP contribution in [0.15, 0.2) is 24.3 Å². The lowest BCUT2D eigenvalue weighted by Crippen LogP contribution is -2.58. The number of sulfone groups is 1. The predicted molar refractivity (Wildman–Crippen MR) is 78.3 cm³/mol. The molecule has 1 aromatic rings. The topological polar surface area (TPSA) is 72.9 Å². The van der Waals surface area contributed by atoms with Gasteiger partial charge < -0.3 is 14.4 Å². The van der Waals surface area contributed by atoms with E-state index in [1.807, 2.05) is 6.07 Å². The van der Waals surface area contributed by atoms with Gasteiger partial charge in [-0.05, 0) is 12.1 Å². The van der Waals surface area contributed by atoms with E-state index in [4.69, 9.17) is 9.47 Å². The molecule has 1 aliphatic heterocycles. The quantitative estimate of drug-likeness (QED) is 0.774. The Kier molecular flexibility index (Phi) is 4.72. The van der Waals surface area contributed by atoms with Crippen LogP contribution < -0.4 is 9.47 Å². The van der Waals surface area contributed by atoms with E-state index in [1.165, 1.54) is 12.0 Å². The molecule has 0 N–H and O–H groups in total. The predicted octanol–water partition coefficient (Wildman–Crippen LogP) is 0.719. The number of ether oxygens (including phenoxy) is 2. The molecular weight excluding hydrogens is 294 g/mol. The number of methoxy groups -OCH3 is 1. The molecule has 1 aliphatic rings. The molecule has 0 aromatic heterocycles. The van der Waals surface area contributed by atoms with Crippen molar-refractivity contribution in [2.75, 3.05) is 32.6 Å². The zero-order chi connectivity index (χ0) is 15.5. The summed E-state index contributed by atoms with van der Waals surface area (Å²) >= 11 is 0. The lowest BCUT2D eigenvalue weighted by Gasteiger charge is -2.38. The van der Waals surface area contributed by atoms with Crippen molar-refractivity contribution in [2.24, 2.45) is 0 Å². The van der Waals surface area contributed by atoms with Crippen LogP contribution >= 0.6 is 0 Å². The second-order valence-corrected chi connectivity index (χ2v) is 7.38. The minimum atomic E-state index is -3.06. The Balaban J connectivity index is 1.85. The Bertz CT molecular complexity index is 608. The molecule has 1 amide bonds. The summed E-state index contributed by atoms with van der Waals surface area (Å²) in [6.45, 7) is 2.00. The zero-order valence-corrected chi connectivity index (χ0v) is 12.9. The van der Waals surface area contributed by atoms with Gasteiger partial charge in [0.25, 0.3) is 5.91 Å². The fourth-order valence-electron chi connectivity index (χ4n) is 2.07. The molecule has 1 heterocycles. The van der Waals surface area contributed by atoms with E-state index >= 15 is 0 Å². The summed E-state index contributed by atoms with van der Waals surface area (Å²) in [5.74, 6) is 0.938. The number of nitrogens with zero attached hydrogens (tertiary/aromatic N) is 1. The summed E-state index contributed by atoms with van der Waals surface area (Å²) in [6.07, 6.45) is 0. The highest BCUT2D eigenvalue weighted by atomic mass is 32.2. The molecule has 0 unspecified atom stereocenters. The van der Waals surface area contributed by atoms with Gasteiger partial charge in [0, 0.05) is 18.8 Å². The fourth-order valence-corrected chi connectivity index (χ4v) is 3.36. The highest BCUT2D eigenvalue weighted by Crippen LogP contribution is 2.26. The van der Waals surface area contributed by atoms with Crippen molar-refractivity contribution in [3.8, 4) is 11.5 Å². The molecule has 0 bridgehead atoms. The van der Waals surface area contributed by atoms with Gasteiger partial charge in [-0.15, -0.1) is 0 Å². The molecule has 1 fully saturated rings. The molecule has 1 saturated heterocycles. The van der Waals surface area contributed by atoms with Gasteiger partial charge in [-0.25, -0.2) is 8.42 Å². The lowest BCUT2D eigenvalue weighted by molar-refractivity contribution is -0.136. The maximum absolute atomic E-state index is 11.9. The summed E-state index contributed by atoms with van der Waals surface area (Å²) in [4.78, 5) is 13.4. The monoisotopic (exact) mass is 313 g/mol. The number of para-hydroxylation sites is 2. The van der Waals surface area contributed by atoms with E-state index in [-0.39, 0.29) is 31.4 Å². The van der Waals surface area contributed by atoms with Crippen LogP contribution in [0.25, 0.3) is 0 Å². The number of carbonyl (C=O) groups excluding carboxylic acids is 1. The van der Waals surface area contributed by atoms with Gasteiger partial charge in [0.05, 0.1) is 12.4 Å². The number of benzene rings is 1. The first kappa shape index (κ1) is 15.6. The first-order valence-electron chi connectivity index (χ1n) is 6.73. The van der Waals surface area contributed by atoms with Crippen LogP contribution in [0.2, 0.25) is 0 Å². The smallest absolute Gasteiger partial charge is 0.260 e. The second-order valence-electron chi connectivity index (χ2n) is 4.81. The van der Waals surface area contributed by atoms with Crippen LogP contribution in [0.5, 0.6) is 11.5 Å². The third kappa shape index (κ3) is 3.47. The summed E-state index contributed by atoms with van der Waals surface area (Å²) < 4.78 is 33.8. The Hall–Kier alpha value is -1.76. The van der Waals surface area contributed by atoms with Gasteiger partial charge in [-0.1, -0.05) is 19.1 Å². The van der Waals surface area contributed by atoms with Gasteiger partial charge >= 0.3 is 0 Å². The van der Waals surface area contributed by atoms with E-state index in [9.17, 15) is 13.2 Å². The molecule has 0 radical (unpaired) electrons. The van der Waals surface area contributed by atoms with Crippen LogP contribution in [0, 0.1) is 0 Å². The van der Waals surface area contributed by atoms with Crippen molar-refractivity contribution in [3.05, 3.63) is 24.3 Å². The largest absolute Gasteiger partial charge is 0.493 e. The third-order valence-corrected chi connectivity index (χ3v) is 5.65. The lowest BCUT2D eigenvalue weighted by atomic mass is 10.2. The molecule has 116 valence electrons. The highest BCUT2D eigenvalue weighted by molar-refractivity contribution is 7.92. The zero-order valence-electron chi connectivity index (χ0n) is 12.1. The van der Waals surface area contributed by atoms with Gasteiger partial charge in [-0.3, -0.25) is 4.79 Å². The van der Waals surface area contributed by atoms with Crippen molar-refractivity contribution in [1.82, 2.24) is 4.90 Å². The summed E-state index contributed by atoms with van der Waals surface area (Å²) in [6, 6.07) is 7.05. The fraction of sp³-hybridized carbons (Fsp3) is 0.500. The molecule has 2 rings (SSSR count). The first-order valence-corrected chi connectivity index (χ1v) is 8.44. The van der Waals surface area contributed by atoms with Crippen molar-refractivity contribution in [3.63, 3.8) is 0 Å². The van der Waals surface area contributed by atoms with Crippen LogP contribution in [-0.2, 0) is 14.6 Å². The summed E-state index contributed by atoms with van der Waals surface area (Å²) in [5, 5.41) is -0.433. The molecule has 0 aliphatic carbocycles. The van der Waals surface area contributed by atoms with Crippen LogP contribution in [0.1, 0.15) is 6.92 Å². The van der Waals surface area contributed by atoms with E-state index in [1.54, 1.807) is 25.1 Å². The maximum atomic E-state index is 11.9. The van der Waals surface area contributed by atoms with Crippen molar-refractivity contribution in [1.29, 1.82) is 0 Å². The van der Waals surface area contributed by atoms with E-state index < -0.39 is 15.1 Å². The van der Waals surface area contributed by atoms with Crippen molar-refractivity contribution in [2.45, 2.75) is 12.2 Å². The van der Waals surface area contributed by atoms with Crippen molar-refractivity contribution < 1.29 is 22.7 Å². The number of carbonyl (C=O) groups is 1. The second kappa shape index (κ2) is 6.34. The number of amides is 1. The number of hydrogen-bond acceptors (Lipinski definition) is 5. The van der Waals surface area contributed by atoms with Crippen LogP contribution in [0.3, 0.4) is 0 Å². The highest BCUT2D eigenvalue weighted by Gasteiger charge is 2.38. The van der Waals surface area contributed by atoms with E-state index in [2.05, 4.69) is 0 Å². The molecule has 1 aromatic carbocycles. The normalized spacial score (nSPS) is 15.4. The minimum absolute atomic E-state index is 0.109. The number of rotatable bonds is 6. The average molecular weight is 313 g/mol. The Morgan fingerprint density at radius 2 is 1.90 bits per heavy atom. The molecule has 0 saturated carbocycles. The standard InChI is InChI=1S/C14H19NO5S/c1-3-21(17,18)11-8-15(9-11)14(16)10-20-13-7-5-4-6-12(13)19-2/h4-7,11H,3,8-10H2,1-2H3. The molecule has 0 atom stereocenters. The van der Waals surface area contributed by atoms with Gasteiger partial charge in [0.2, 0.25) is 0 Å². The van der Waals surface area contributed by atoms with Crippen molar-refractivity contribution >= 4 is 15.7 Å². The number of hydrogen-bond donors (Lipinski definition) is 0. The summed E-state index contributed by atoms with van der Waals surface area (Å²) in [5.41, 5.74) is 0. The van der Waals surface area contributed by atoms with E-state index in [0.29, 0.717) is 11.5 Å². The van der Waals surface area contributed by atoms with E-state index in [0.717, 1.165) is 0 Å². The van der Waals surface area contributed by atoms with Gasteiger partial charge in [0.15, 0.2) is 27.9 Å². The van der Waals surface area contributed by atoms with Gasteiger partial charge in [0.1, 0.15) is 0 Å². The molecule has 0 spiro atoms. The SMILES string of the molecule is CCS(=O)(=O)C1CN(C(=O)COc2ccccc2OC)C1. The Morgan fingerprint density at radius 3 is 2.48 bits per heavy atom. The third-order valence-electron chi connectivity index (χ3n) is 3.53. The average Bonchev–Trinajstić information content (AvgIpc) is 2.43.